The summed E-state index contributed by atoms with van der Waals surface area (Å²) in [6.45, 7) is 6.52. The zero-order chi connectivity index (χ0) is 28.9. The van der Waals surface area contributed by atoms with Crippen LogP contribution in [0.2, 0.25) is 0 Å². The fourth-order valence-corrected chi connectivity index (χ4v) is 7.20. The number of carbonyl (C=O) groups is 1. The molecule has 0 unspecified atom stereocenters. The highest BCUT2D eigenvalue weighted by Crippen LogP contribution is 2.42. The Morgan fingerprint density at radius 2 is 1.98 bits per heavy atom. The average molecular weight is 596 g/mol. The maximum Gasteiger partial charge on any atom is 0.236 e. The number of nitrogens with zero attached hydrogens (tertiary/aromatic N) is 7. The van der Waals surface area contributed by atoms with Gasteiger partial charge in [-0.15, -0.1) is 0 Å². The number of aliphatic hydroxyl groups excluding tert-OH is 1. The number of carbonyl (C=O) groups excluding carboxylic acids is 1. The molecule has 1 aromatic carbocycles. The summed E-state index contributed by atoms with van der Waals surface area (Å²) < 4.78 is 13.4. The van der Waals surface area contributed by atoms with Crippen LogP contribution in [0, 0.1) is 28.0 Å². The minimum absolute atomic E-state index is 0.0724. The van der Waals surface area contributed by atoms with Crippen molar-refractivity contribution in [3.8, 4) is 17.3 Å². The Morgan fingerprint density at radius 3 is 2.61 bits per heavy atom. The van der Waals surface area contributed by atoms with E-state index in [4.69, 9.17) is 10.4 Å². The lowest BCUT2D eigenvalue weighted by atomic mass is 9.73. The first-order valence-electron chi connectivity index (χ1n) is 13.4. The molecule has 14 heteroatoms. The highest BCUT2D eigenvalue weighted by molar-refractivity contribution is 8.13. The minimum Gasteiger partial charge on any atom is -0.389 e. The number of aromatic amines is 1. The summed E-state index contributed by atoms with van der Waals surface area (Å²) in [4.78, 5) is 33.2. The molecule has 3 N–H and O–H groups in total. The number of aliphatic hydroxyl groups is 1. The first-order valence-corrected chi connectivity index (χ1v) is 15.0. The molecule has 1 amide bonds. The van der Waals surface area contributed by atoms with Gasteiger partial charge in [-0.25, -0.2) is 14.4 Å². The number of halogens is 1. The van der Waals surface area contributed by atoms with Gasteiger partial charge in [-0.2, -0.15) is 5.26 Å². The van der Waals surface area contributed by atoms with E-state index in [1.54, 1.807) is 17.0 Å². The van der Waals surface area contributed by atoms with E-state index in [2.05, 4.69) is 20.9 Å². The van der Waals surface area contributed by atoms with Crippen LogP contribution in [0.25, 0.3) is 11.3 Å². The fourth-order valence-electron chi connectivity index (χ4n) is 5.60. The third-order valence-corrected chi connectivity index (χ3v) is 9.63. The zero-order valence-electron chi connectivity index (χ0n) is 22.7. The predicted molar refractivity (Wildman–Crippen MR) is 155 cm³/mol. The lowest BCUT2D eigenvalue weighted by Crippen LogP contribution is -2.73. The highest BCUT2D eigenvalue weighted by Gasteiger charge is 2.53. The fraction of sp³-hybridized carbons (Fsp3) is 0.444. The highest BCUT2D eigenvalue weighted by atomic mass is 32.2. The summed E-state index contributed by atoms with van der Waals surface area (Å²) >= 11 is 2.53. The van der Waals surface area contributed by atoms with Gasteiger partial charge in [-0.1, -0.05) is 18.3 Å². The van der Waals surface area contributed by atoms with Crippen LogP contribution in [0.3, 0.4) is 0 Å². The number of β-amino-alcohol motifs (C(OH)–C–C–N with tert-alkyl or cyclic N) is 1. The maximum absolute atomic E-state index is 13.4. The van der Waals surface area contributed by atoms with E-state index in [9.17, 15) is 19.6 Å². The number of likely N-dealkylation sites (tertiary alicyclic amines) is 3. The van der Waals surface area contributed by atoms with Gasteiger partial charge < -0.3 is 24.8 Å². The van der Waals surface area contributed by atoms with E-state index in [1.807, 2.05) is 23.8 Å². The van der Waals surface area contributed by atoms with Crippen molar-refractivity contribution < 1.29 is 14.3 Å². The number of nitrogens with one attached hydrogen (secondary N) is 2. The van der Waals surface area contributed by atoms with Gasteiger partial charge in [0, 0.05) is 57.3 Å². The molecule has 0 aliphatic carbocycles. The number of H-pyrrole nitrogens is 1. The van der Waals surface area contributed by atoms with Crippen LogP contribution in [0.1, 0.15) is 17.5 Å². The van der Waals surface area contributed by atoms with Crippen LogP contribution in [-0.2, 0) is 11.2 Å². The second-order valence-corrected chi connectivity index (χ2v) is 12.9. The van der Waals surface area contributed by atoms with Crippen molar-refractivity contribution in [2.75, 3.05) is 57.8 Å². The number of nitriles is 1. The molecule has 1 spiro atoms. The smallest absolute Gasteiger partial charge is 0.236 e. The number of hydrogen-bond acceptors (Lipinski definition) is 10. The number of imidazole rings is 1. The molecule has 3 fully saturated rings. The normalized spacial score (nSPS) is 18.0. The molecule has 3 saturated heterocycles. The second kappa shape index (κ2) is 10.7. The zero-order valence-corrected chi connectivity index (χ0v) is 24.4. The molecule has 3 aromatic rings. The monoisotopic (exact) mass is 595 g/mol. The Bertz CT molecular complexity index is 1510. The lowest BCUT2D eigenvalue weighted by Gasteiger charge is -2.60. The van der Waals surface area contributed by atoms with E-state index in [1.165, 1.54) is 35.2 Å². The van der Waals surface area contributed by atoms with Crippen LogP contribution in [0.5, 0.6) is 0 Å². The lowest BCUT2D eigenvalue weighted by molar-refractivity contribution is -0.149. The molecule has 0 atom stereocenters. The molecule has 214 valence electrons. The van der Waals surface area contributed by atoms with Crippen LogP contribution >= 0.6 is 23.1 Å². The molecule has 2 aromatic heterocycles. The number of benzene rings is 1. The number of anilines is 2. The van der Waals surface area contributed by atoms with E-state index >= 15 is 0 Å². The van der Waals surface area contributed by atoms with Gasteiger partial charge in [-0.3, -0.25) is 15.1 Å². The number of thiazole rings is 1. The summed E-state index contributed by atoms with van der Waals surface area (Å²) in [5, 5.41) is 29.4. The average Bonchev–Trinajstić information content (AvgIpc) is 3.51. The molecule has 0 radical (unpaired) electrons. The van der Waals surface area contributed by atoms with Crippen molar-refractivity contribution in [2.45, 2.75) is 24.6 Å². The summed E-state index contributed by atoms with van der Waals surface area (Å²) in [6, 6.07) is 8.13. The molecular formula is C27H30FN9O2S2. The van der Waals surface area contributed by atoms with Gasteiger partial charge in [0.05, 0.1) is 18.3 Å². The van der Waals surface area contributed by atoms with Crippen molar-refractivity contribution in [1.29, 1.82) is 10.7 Å². The standard InChI is InChI=1S/C27H30FN9O2S2/c1-3-19-23(34(2)26-32-22(20(8-29)40-26)16-4-6-17(28)7-5-16)33-25(31-19)41-24(30)37-14-27(15-37)12-35(13-27)11-21(39)36-9-18(38)10-36/h4-7,18,30,38H,3,9-15H2,1-2H3,(H,31,33). The van der Waals surface area contributed by atoms with Crippen molar-refractivity contribution in [2.24, 2.45) is 5.41 Å². The van der Waals surface area contributed by atoms with Crippen molar-refractivity contribution in [1.82, 2.24) is 29.7 Å². The van der Waals surface area contributed by atoms with E-state index < -0.39 is 0 Å². The summed E-state index contributed by atoms with van der Waals surface area (Å²) in [6.07, 6.45) is 0.289. The molecule has 11 nitrogen and oxygen atoms in total. The molecule has 0 saturated carbocycles. The molecule has 5 heterocycles. The largest absolute Gasteiger partial charge is 0.389 e. The number of amidine groups is 1. The van der Waals surface area contributed by atoms with Gasteiger partial charge in [0.15, 0.2) is 15.5 Å². The Morgan fingerprint density at radius 1 is 1.27 bits per heavy atom. The predicted octanol–water partition coefficient (Wildman–Crippen LogP) is 2.72. The number of rotatable bonds is 7. The summed E-state index contributed by atoms with van der Waals surface area (Å²) in [5.74, 6) is 0.476. The molecule has 0 bridgehead atoms. The Kier molecular flexibility index (Phi) is 7.23. The van der Waals surface area contributed by atoms with Gasteiger partial charge in [0.1, 0.15) is 28.3 Å². The molecular weight excluding hydrogens is 565 g/mol. The quantitative estimate of drug-likeness (QED) is 0.214. The van der Waals surface area contributed by atoms with Crippen molar-refractivity contribution in [3.63, 3.8) is 0 Å². The van der Waals surface area contributed by atoms with Crippen LogP contribution < -0.4 is 4.90 Å². The number of amides is 1. The Labute approximate surface area is 245 Å². The second-order valence-electron chi connectivity index (χ2n) is 10.9. The summed E-state index contributed by atoms with van der Waals surface area (Å²) in [5.41, 5.74) is 2.15. The van der Waals surface area contributed by atoms with E-state index in [0.29, 0.717) is 57.6 Å². The van der Waals surface area contributed by atoms with Gasteiger partial charge in [0.2, 0.25) is 5.91 Å². The first kappa shape index (κ1) is 27.6. The third-order valence-electron chi connectivity index (χ3n) is 7.75. The Hall–Kier alpha value is -3.51. The van der Waals surface area contributed by atoms with Gasteiger partial charge in [-0.05, 0) is 42.4 Å². The molecule has 41 heavy (non-hydrogen) atoms. The molecule has 6 rings (SSSR count). The van der Waals surface area contributed by atoms with Crippen LogP contribution in [0.4, 0.5) is 15.3 Å². The summed E-state index contributed by atoms with van der Waals surface area (Å²) in [7, 11) is 1.86. The van der Waals surface area contributed by atoms with Gasteiger partial charge in [0.25, 0.3) is 0 Å². The van der Waals surface area contributed by atoms with Crippen LogP contribution in [-0.4, -0.2) is 105 Å². The minimum atomic E-state index is -0.381. The van der Waals surface area contributed by atoms with Crippen LogP contribution in [0.15, 0.2) is 29.4 Å². The topological polar surface area (TPSA) is 139 Å². The van der Waals surface area contributed by atoms with Crippen molar-refractivity contribution in [3.05, 3.63) is 40.7 Å². The number of aromatic nitrogens is 3. The maximum atomic E-state index is 13.4. The number of aryl methyl sites for hydroxylation is 1. The van der Waals surface area contributed by atoms with Crippen molar-refractivity contribution >= 4 is 45.1 Å². The van der Waals surface area contributed by atoms with E-state index in [0.717, 1.165) is 37.7 Å². The third kappa shape index (κ3) is 5.30. The number of hydrogen-bond donors (Lipinski definition) is 3. The SMILES string of the molecule is CCc1nc(SC(=N)N2CC3(CN(CC(=O)N4CC(O)C4)C3)C2)[nH]c1N(C)c1nc(-c2ccc(F)cc2)c(C#N)s1. The molecule has 3 aliphatic rings. The molecule has 3 aliphatic heterocycles. The number of thioether (sulfide) groups is 1. The first-order chi connectivity index (χ1) is 19.7. The van der Waals surface area contributed by atoms with E-state index in [-0.39, 0.29) is 23.2 Å². The van der Waals surface area contributed by atoms with Gasteiger partial charge >= 0.3 is 0 Å². The Balaban J connectivity index is 1.06.